The van der Waals surface area contributed by atoms with E-state index in [0.29, 0.717) is 24.7 Å². The number of nitrogens with zero attached hydrogens (tertiary/aromatic N) is 2. The van der Waals surface area contributed by atoms with Gasteiger partial charge in [0.2, 0.25) is 5.91 Å². The second-order valence-electron chi connectivity index (χ2n) is 4.97. The summed E-state index contributed by atoms with van der Waals surface area (Å²) in [6, 6.07) is 0.624. The highest BCUT2D eigenvalue weighted by atomic mass is 16.5. The topological polar surface area (TPSA) is 44.8 Å². The third-order valence-electron chi connectivity index (χ3n) is 3.62. The Morgan fingerprint density at radius 1 is 1.33 bits per heavy atom. The molecule has 2 rings (SSSR count). The lowest BCUT2D eigenvalue weighted by atomic mass is 10.1. The summed E-state index contributed by atoms with van der Waals surface area (Å²) in [4.78, 5) is 16.4. The highest BCUT2D eigenvalue weighted by molar-refractivity contribution is 5.93. The van der Waals surface area contributed by atoms with Gasteiger partial charge in [-0.3, -0.25) is 14.6 Å². The molecule has 5 nitrogen and oxygen atoms in total. The van der Waals surface area contributed by atoms with Crippen molar-refractivity contribution >= 4 is 5.91 Å². The fourth-order valence-corrected chi connectivity index (χ4v) is 2.35. The fourth-order valence-electron chi connectivity index (χ4n) is 2.35. The van der Waals surface area contributed by atoms with Crippen LogP contribution in [0, 0.1) is 0 Å². The minimum atomic E-state index is -0.0210. The largest absolute Gasteiger partial charge is 0.378 e. The van der Waals surface area contributed by atoms with Crippen molar-refractivity contribution in [2.45, 2.75) is 13.0 Å². The summed E-state index contributed by atoms with van der Waals surface area (Å²) in [7, 11) is 0. The molecule has 0 aliphatic carbocycles. The zero-order chi connectivity index (χ0) is 13.0. The van der Waals surface area contributed by atoms with Gasteiger partial charge in [0.1, 0.15) is 0 Å². The van der Waals surface area contributed by atoms with Crippen LogP contribution in [0.25, 0.3) is 0 Å². The molecule has 0 atom stereocenters. The number of ether oxygens (including phenoxy) is 1. The van der Waals surface area contributed by atoms with E-state index in [9.17, 15) is 4.79 Å². The van der Waals surface area contributed by atoms with Gasteiger partial charge in [0.25, 0.3) is 0 Å². The predicted octanol–water partition coefficient (Wildman–Crippen LogP) is -0.305. The number of likely N-dealkylation sites (N-methyl/N-ethyl adjacent to an activating group) is 1. The Morgan fingerprint density at radius 3 is 2.50 bits per heavy atom. The molecule has 0 aromatic heterocycles. The molecule has 0 aromatic carbocycles. The number of carbonyl (C=O) groups is 1. The Labute approximate surface area is 109 Å². The summed E-state index contributed by atoms with van der Waals surface area (Å²) >= 11 is 0. The highest BCUT2D eigenvalue weighted by Crippen LogP contribution is 2.13. The second kappa shape index (κ2) is 6.31. The van der Waals surface area contributed by atoms with Gasteiger partial charge in [0, 0.05) is 44.8 Å². The lowest BCUT2D eigenvalue weighted by molar-refractivity contribution is -0.117. The van der Waals surface area contributed by atoms with Gasteiger partial charge in [-0.25, -0.2) is 0 Å². The van der Waals surface area contributed by atoms with Crippen LogP contribution >= 0.6 is 0 Å². The van der Waals surface area contributed by atoms with Crippen LogP contribution < -0.4 is 5.32 Å². The Balaban J connectivity index is 1.69. The first kappa shape index (κ1) is 13.5. The van der Waals surface area contributed by atoms with E-state index >= 15 is 0 Å². The summed E-state index contributed by atoms with van der Waals surface area (Å²) in [5.74, 6) is -0.0210. The standard InChI is InChI=1S/C13H23N3O2/c1-3-14-13(17)11(2)8-15-4-6-16(7-5-15)12-9-18-10-12/h12H,2-10H2,1H3,(H,14,17). The van der Waals surface area contributed by atoms with E-state index < -0.39 is 0 Å². The smallest absolute Gasteiger partial charge is 0.247 e. The number of rotatable bonds is 5. The zero-order valence-corrected chi connectivity index (χ0v) is 11.2. The van der Waals surface area contributed by atoms with Gasteiger partial charge in [-0.15, -0.1) is 0 Å². The van der Waals surface area contributed by atoms with Gasteiger partial charge in [0.15, 0.2) is 0 Å². The quantitative estimate of drug-likeness (QED) is 0.683. The Kier molecular flexibility index (Phi) is 4.74. The van der Waals surface area contributed by atoms with Crippen LogP contribution in [0.15, 0.2) is 12.2 Å². The Morgan fingerprint density at radius 2 is 2.00 bits per heavy atom. The molecule has 2 saturated heterocycles. The van der Waals surface area contributed by atoms with Crippen LogP contribution in [0.2, 0.25) is 0 Å². The number of hydrogen-bond donors (Lipinski definition) is 1. The molecule has 1 N–H and O–H groups in total. The second-order valence-corrected chi connectivity index (χ2v) is 4.97. The minimum Gasteiger partial charge on any atom is -0.378 e. The Bertz CT molecular complexity index is 307. The summed E-state index contributed by atoms with van der Waals surface area (Å²) < 4.78 is 5.22. The van der Waals surface area contributed by atoms with Crippen LogP contribution in [0.1, 0.15) is 6.92 Å². The molecule has 1 amide bonds. The van der Waals surface area contributed by atoms with Gasteiger partial charge in [-0.05, 0) is 6.92 Å². The average Bonchev–Trinajstić information content (AvgIpc) is 2.29. The van der Waals surface area contributed by atoms with E-state index in [2.05, 4.69) is 21.7 Å². The summed E-state index contributed by atoms with van der Waals surface area (Å²) in [5.41, 5.74) is 0.664. The molecule has 0 unspecified atom stereocenters. The van der Waals surface area contributed by atoms with Crippen molar-refractivity contribution in [3.05, 3.63) is 12.2 Å². The van der Waals surface area contributed by atoms with Gasteiger partial charge in [0.05, 0.1) is 19.3 Å². The van der Waals surface area contributed by atoms with Crippen molar-refractivity contribution in [3.8, 4) is 0 Å². The summed E-state index contributed by atoms with van der Waals surface area (Å²) in [6.07, 6.45) is 0. The monoisotopic (exact) mass is 253 g/mol. The molecule has 2 aliphatic heterocycles. The highest BCUT2D eigenvalue weighted by Gasteiger charge is 2.29. The molecule has 0 radical (unpaired) electrons. The lowest BCUT2D eigenvalue weighted by Gasteiger charge is -2.42. The van der Waals surface area contributed by atoms with E-state index in [1.165, 1.54) is 0 Å². The normalized spacial score (nSPS) is 22.5. The van der Waals surface area contributed by atoms with Gasteiger partial charge in [-0.1, -0.05) is 6.58 Å². The molecule has 18 heavy (non-hydrogen) atoms. The molecule has 102 valence electrons. The Hall–Kier alpha value is -0.910. The number of carbonyl (C=O) groups excluding carboxylic acids is 1. The first-order chi connectivity index (χ1) is 8.70. The number of amides is 1. The molecule has 0 bridgehead atoms. The predicted molar refractivity (Wildman–Crippen MR) is 70.4 cm³/mol. The van der Waals surface area contributed by atoms with E-state index in [4.69, 9.17) is 4.74 Å². The van der Waals surface area contributed by atoms with Gasteiger partial charge < -0.3 is 10.1 Å². The van der Waals surface area contributed by atoms with Gasteiger partial charge in [-0.2, -0.15) is 0 Å². The maximum atomic E-state index is 11.6. The maximum absolute atomic E-state index is 11.6. The number of hydrogen-bond acceptors (Lipinski definition) is 4. The van der Waals surface area contributed by atoms with Crippen LogP contribution in [-0.4, -0.2) is 74.2 Å². The molecule has 2 aliphatic rings. The maximum Gasteiger partial charge on any atom is 0.247 e. The van der Waals surface area contributed by atoms with E-state index in [1.54, 1.807) is 0 Å². The average molecular weight is 253 g/mol. The van der Waals surface area contributed by atoms with Crippen LogP contribution in [0.4, 0.5) is 0 Å². The van der Waals surface area contributed by atoms with Crippen LogP contribution in [0.5, 0.6) is 0 Å². The molecule has 0 aromatic rings. The van der Waals surface area contributed by atoms with E-state index in [0.717, 1.165) is 39.4 Å². The first-order valence-corrected chi connectivity index (χ1v) is 6.71. The minimum absolute atomic E-state index is 0.0210. The van der Waals surface area contributed by atoms with E-state index in [-0.39, 0.29) is 5.91 Å². The molecule has 0 spiro atoms. The van der Waals surface area contributed by atoms with Crippen molar-refractivity contribution in [3.63, 3.8) is 0 Å². The summed E-state index contributed by atoms with van der Waals surface area (Å²) in [5, 5.41) is 2.79. The van der Waals surface area contributed by atoms with Crippen molar-refractivity contribution < 1.29 is 9.53 Å². The summed E-state index contributed by atoms with van der Waals surface area (Å²) in [6.45, 7) is 13.0. The van der Waals surface area contributed by atoms with Crippen LogP contribution in [-0.2, 0) is 9.53 Å². The molecular weight excluding hydrogens is 230 g/mol. The number of piperazine rings is 1. The molecule has 2 heterocycles. The molecule has 2 fully saturated rings. The van der Waals surface area contributed by atoms with Crippen molar-refractivity contribution in [1.82, 2.24) is 15.1 Å². The SMILES string of the molecule is C=C(CN1CCN(C2COC2)CC1)C(=O)NCC. The zero-order valence-electron chi connectivity index (χ0n) is 11.2. The number of nitrogens with one attached hydrogen (secondary N) is 1. The molecule has 5 heteroatoms. The fraction of sp³-hybridized carbons (Fsp3) is 0.769. The first-order valence-electron chi connectivity index (χ1n) is 6.71. The van der Waals surface area contributed by atoms with Crippen molar-refractivity contribution in [2.24, 2.45) is 0 Å². The third-order valence-corrected chi connectivity index (χ3v) is 3.62. The van der Waals surface area contributed by atoms with Gasteiger partial charge >= 0.3 is 0 Å². The van der Waals surface area contributed by atoms with E-state index in [1.807, 2.05) is 6.92 Å². The van der Waals surface area contributed by atoms with Crippen molar-refractivity contribution in [2.75, 3.05) is 52.5 Å². The molecular formula is C13H23N3O2. The lowest BCUT2D eigenvalue weighted by Crippen LogP contribution is -2.56. The van der Waals surface area contributed by atoms with Crippen molar-refractivity contribution in [1.29, 1.82) is 0 Å². The third kappa shape index (κ3) is 3.31. The van der Waals surface area contributed by atoms with Crippen LogP contribution in [0.3, 0.4) is 0 Å². The molecule has 0 saturated carbocycles.